The largest absolute Gasteiger partial charge is 0.504 e. The SMILES string of the molecule is COc1cc(C=Nc2ccc(S(=O)(=O)Nc3ccc(C)cc3C)cc2)ccc1O. The minimum atomic E-state index is -3.69. The number of rotatable bonds is 6. The van der Waals surface area contributed by atoms with Crippen LogP contribution >= 0.6 is 0 Å². The molecule has 3 rings (SSSR count). The summed E-state index contributed by atoms with van der Waals surface area (Å²) in [6.45, 7) is 3.82. The van der Waals surface area contributed by atoms with Gasteiger partial charge in [-0.2, -0.15) is 0 Å². The van der Waals surface area contributed by atoms with Crippen LogP contribution in [0.3, 0.4) is 0 Å². The van der Waals surface area contributed by atoms with Crippen LogP contribution in [0.25, 0.3) is 0 Å². The molecule has 29 heavy (non-hydrogen) atoms. The lowest BCUT2D eigenvalue weighted by Crippen LogP contribution is -2.13. The standard InChI is InChI=1S/C22H22N2O4S/c1-15-4-10-20(16(2)12-15)24-29(26,27)19-8-6-18(7-9-19)23-14-17-5-11-21(25)22(13-17)28-3/h4-14,24-25H,1-3H3. The van der Waals surface area contributed by atoms with E-state index in [0.717, 1.165) is 16.7 Å². The Morgan fingerprint density at radius 2 is 1.72 bits per heavy atom. The van der Waals surface area contributed by atoms with E-state index < -0.39 is 10.0 Å². The Balaban J connectivity index is 1.77. The Hall–Kier alpha value is -3.32. The smallest absolute Gasteiger partial charge is 0.261 e. The van der Waals surface area contributed by atoms with Gasteiger partial charge in [-0.25, -0.2) is 8.42 Å². The zero-order valence-electron chi connectivity index (χ0n) is 16.4. The maximum Gasteiger partial charge on any atom is 0.261 e. The number of hydrogen-bond acceptors (Lipinski definition) is 5. The summed E-state index contributed by atoms with van der Waals surface area (Å²) in [5.41, 5.74) is 3.83. The van der Waals surface area contributed by atoms with Crippen molar-refractivity contribution in [2.75, 3.05) is 11.8 Å². The summed E-state index contributed by atoms with van der Waals surface area (Å²) >= 11 is 0. The van der Waals surface area contributed by atoms with E-state index in [1.165, 1.54) is 25.3 Å². The highest BCUT2D eigenvalue weighted by Gasteiger charge is 2.15. The molecule has 3 aromatic carbocycles. The highest BCUT2D eigenvalue weighted by Crippen LogP contribution is 2.26. The van der Waals surface area contributed by atoms with Crippen LogP contribution in [0.4, 0.5) is 11.4 Å². The third kappa shape index (κ3) is 4.94. The topological polar surface area (TPSA) is 88.0 Å². The first-order valence-corrected chi connectivity index (χ1v) is 10.4. The summed E-state index contributed by atoms with van der Waals surface area (Å²) in [5, 5.41) is 9.63. The third-order valence-electron chi connectivity index (χ3n) is 4.34. The lowest BCUT2D eigenvalue weighted by molar-refractivity contribution is 0.373. The van der Waals surface area contributed by atoms with Crippen LogP contribution in [-0.2, 0) is 10.0 Å². The summed E-state index contributed by atoms with van der Waals surface area (Å²) in [4.78, 5) is 4.49. The first-order valence-electron chi connectivity index (χ1n) is 8.90. The summed E-state index contributed by atoms with van der Waals surface area (Å²) in [7, 11) is -2.22. The van der Waals surface area contributed by atoms with Crippen LogP contribution < -0.4 is 9.46 Å². The fraction of sp³-hybridized carbons (Fsp3) is 0.136. The Bertz CT molecular complexity index is 1150. The number of nitrogens with zero attached hydrogens (tertiary/aromatic N) is 1. The van der Waals surface area contributed by atoms with Gasteiger partial charge in [0.05, 0.1) is 23.4 Å². The maximum atomic E-state index is 12.6. The van der Waals surface area contributed by atoms with Crippen molar-refractivity contribution in [3.8, 4) is 11.5 Å². The second kappa shape index (κ2) is 8.36. The van der Waals surface area contributed by atoms with Gasteiger partial charge in [-0.3, -0.25) is 9.71 Å². The van der Waals surface area contributed by atoms with Gasteiger partial charge in [0.25, 0.3) is 10.0 Å². The van der Waals surface area contributed by atoms with Gasteiger partial charge < -0.3 is 9.84 Å². The number of benzene rings is 3. The second-order valence-corrected chi connectivity index (χ2v) is 8.29. The molecular weight excluding hydrogens is 388 g/mol. The Labute approximate surface area is 170 Å². The van der Waals surface area contributed by atoms with Crippen molar-refractivity contribution >= 4 is 27.6 Å². The molecule has 0 aliphatic carbocycles. The molecule has 0 unspecified atom stereocenters. The minimum absolute atomic E-state index is 0.0514. The van der Waals surface area contributed by atoms with Gasteiger partial charge >= 0.3 is 0 Å². The first-order chi connectivity index (χ1) is 13.8. The molecule has 150 valence electrons. The van der Waals surface area contributed by atoms with Crippen molar-refractivity contribution in [3.63, 3.8) is 0 Å². The van der Waals surface area contributed by atoms with Crippen molar-refractivity contribution < 1.29 is 18.3 Å². The van der Waals surface area contributed by atoms with Crippen molar-refractivity contribution in [2.24, 2.45) is 4.99 Å². The van der Waals surface area contributed by atoms with E-state index in [4.69, 9.17) is 4.74 Å². The van der Waals surface area contributed by atoms with Crippen molar-refractivity contribution in [3.05, 3.63) is 77.4 Å². The number of hydrogen-bond donors (Lipinski definition) is 2. The molecule has 0 aromatic heterocycles. The fourth-order valence-corrected chi connectivity index (χ4v) is 3.90. The number of ether oxygens (including phenoxy) is 1. The maximum absolute atomic E-state index is 12.6. The van der Waals surface area contributed by atoms with Gasteiger partial charge in [0.2, 0.25) is 0 Å². The van der Waals surface area contributed by atoms with Crippen molar-refractivity contribution in [1.82, 2.24) is 0 Å². The number of phenolic OH excluding ortho intramolecular Hbond substituents is 1. The monoisotopic (exact) mass is 410 g/mol. The summed E-state index contributed by atoms with van der Waals surface area (Å²) in [5.74, 6) is 0.406. The average molecular weight is 410 g/mol. The van der Waals surface area contributed by atoms with E-state index in [-0.39, 0.29) is 10.6 Å². The molecule has 0 radical (unpaired) electrons. The predicted molar refractivity (Wildman–Crippen MR) is 115 cm³/mol. The van der Waals surface area contributed by atoms with Crippen LogP contribution in [0.15, 0.2) is 70.6 Å². The molecule has 3 aromatic rings. The normalized spacial score (nSPS) is 11.6. The molecule has 2 N–H and O–H groups in total. The van der Waals surface area contributed by atoms with Gasteiger partial charge in [-0.1, -0.05) is 17.7 Å². The number of nitrogens with one attached hydrogen (secondary N) is 1. The van der Waals surface area contributed by atoms with E-state index in [9.17, 15) is 13.5 Å². The van der Waals surface area contributed by atoms with Crippen molar-refractivity contribution in [2.45, 2.75) is 18.7 Å². The highest BCUT2D eigenvalue weighted by atomic mass is 32.2. The predicted octanol–water partition coefficient (Wildman–Crippen LogP) is 4.57. The van der Waals surface area contributed by atoms with Gasteiger partial charge in [0, 0.05) is 6.21 Å². The second-order valence-electron chi connectivity index (χ2n) is 6.61. The number of aliphatic imine (C=N–C) groups is 1. The number of methoxy groups -OCH3 is 1. The minimum Gasteiger partial charge on any atom is -0.504 e. The van der Waals surface area contributed by atoms with Crippen LogP contribution in [0, 0.1) is 13.8 Å². The average Bonchev–Trinajstić information content (AvgIpc) is 2.70. The molecule has 7 heteroatoms. The third-order valence-corrected chi connectivity index (χ3v) is 5.72. The number of anilines is 1. The summed E-state index contributed by atoms with van der Waals surface area (Å²) in [6.07, 6.45) is 1.61. The molecule has 0 spiro atoms. The van der Waals surface area contributed by atoms with Crippen LogP contribution in [0.2, 0.25) is 0 Å². The Morgan fingerprint density at radius 3 is 2.38 bits per heavy atom. The molecule has 0 bridgehead atoms. The zero-order valence-corrected chi connectivity index (χ0v) is 17.2. The molecule has 0 aliphatic rings. The lowest BCUT2D eigenvalue weighted by atomic mass is 10.1. The number of aromatic hydroxyl groups is 1. The van der Waals surface area contributed by atoms with E-state index >= 15 is 0 Å². The van der Waals surface area contributed by atoms with E-state index in [2.05, 4.69) is 9.71 Å². The molecule has 0 saturated carbocycles. The summed E-state index contributed by atoms with van der Waals surface area (Å²) < 4.78 is 33.0. The number of sulfonamides is 1. The van der Waals surface area contributed by atoms with Gasteiger partial charge in [0.15, 0.2) is 11.5 Å². The molecule has 0 aliphatic heterocycles. The first kappa shape index (κ1) is 20.4. The molecule has 0 saturated heterocycles. The van der Waals surface area contributed by atoms with Crippen LogP contribution in [0.5, 0.6) is 11.5 Å². The molecule has 0 heterocycles. The van der Waals surface area contributed by atoms with Gasteiger partial charge in [-0.15, -0.1) is 0 Å². The number of phenols is 1. The number of aryl methyl sites for hydroxylation is 2. The lowest BCUT2D eigenvalue weighted by Gasteiger charge is -2.11. The molecular formula is C22H22N2O4S. The van der Waals surface area contributed by atoms with Gasteiger partial charge in [-0.05, 0) is 73.5 Å². The molecule has 0 atom stereocenters. The summed E-state index contributed by atoms with van der Waals surface area (Å²) in [6, 6.07) is 16.7. The quantitative estimate of drug-likeness (QED) is 0.583. The van der Waals surface area contributed by atoms with E-state index in [1.54, 1.807) is 36.5 Å². The fourth-order valence-electron chi connectivity index (χ4n) is 2.77. The Kier molecular flexibility index (Phi) is 5.89. The highest BCUT2D eigenvalue weighted by molar-refractivity contribution is 7.92. The Morgan fingerprint density at radius 1 is 1.00 bits per heavy atom. The molecule has 6 nitrogen and oxygen atoms in total. The van der Waals surface area contributed by atoms with Gasteiger partial charge in [0.1, 0.15) is 0 Å². The zero-order chi connectivity index (χ0) is 21.0. The van der Waals surface area contributed by atoms with E-state index in [0.29, 0.717) is 17.1 Å². The molecule has 0 fully saturated rings. The van der Waals surface area contributed by atoms with Crippen molar-refractivity contribution in [1.29, 1.82) is 0 Å². The molecule has 0 amide bonds. The van der Waals surface area contributed by atoms with Crippen LogP contribution in [0.1, 0.15) is 16.7 Å². The van der Waals surface area contributed by atoms with Crippen LogP contribution in [-0.4, -0.2) is 26.8 Å². The van der Waals surface area contributed by atoms with E-state index in [1.807, 2.05) is 26.0 Å².